The van der Waals surface area contributed by atoms with Crippen molar-refractivity contribution < 1.29 is 14.3 Å². The molecule has 1 heterocycles. The Balaban J connectivity index is 2.49. The average Bonchev–Trinajstić information content (AvgIpc) is 2.88. The molecule has 1 fully saturated rings. The normalized spacial score (nSPS) is 21.7. The first kappa shape index (κ1) is 15.8. The third-order valence-corrected chi connectivity index (χ3v) is 3.21. The van der Waals surface area contributed by atoms with Gasteiger partial charge in [0.25, 0.3) is 0 Å². The molecular formula is C14H24N2O3. The molecule has 1 saturated heterocycles. The van der Waals surface area contributed by atoms with Crippen LogP contribution in [0, 0.1) is 18.3 Å². The number of rotatable bonds is 6. The van der Waals surface area contributed by atoms with Gasteiger partial charge in [0.15, 0.2) is 0 Å². The van der Waals surface area contributed by atoms with E-state index in [0.717, 1.165) is 19.4 Å². The monoisotopic (exact) mass is 268 g/mol. The fraction of sp³-hybridized carbons (Fsp3) is 0.786. The SMILES string of the molecule is C#C[C@H](NC(=O)N[C@H](COC)[C@H]1CCCO1)C(C)C. The molecule has 3 atom stereocenters. The molecule has 1 rings (SSSR count). The lowest BCUT2D eigenvalue weighted by Gasteiger charge is -2.25. The fourth-order valence-electron chi connectivity index (χ4n) is 2.09. The summed E-state index contributed by atoms with van der Waals surface area (Å²) < 4.78 is 10.7. The molecule has 2 N–H and O–H groups in total. The highest BCUT2D eigenvalue weighted by atomic mass is 16.5. The van der Waals surface area contributed by atoms with Crippen LogP contribution in [-0.2, 0) is 9.47 Å². The maximum Gasteiger partial charge on any atom is 0.316 e. The van der Waals surface area contributed by atoms with Gasteiger partial charge in [0.05, 0.1) is 24.8 Å². The van der Waals surface area contributed by atoms with E-state index in [1.807, 2.05) is 13.8 Å². The number of nitrogens with one attached hydrogen (secondary N) is 2. The summed E-state index contributed by atoms with van der Waals surface area (Å²) in [7, 11) is 1.61. The van der Waals surface area contributed by atoms with Gasteiger partial charge in [-0.05, 0) is 18.8 Å². The van der Waals surface area contributed by atoms with Gasteiger partial charge in [-0.3, -0.25) is 0 Å². The van der Waals surface area contributed by atoms with E-state index in [4.69, 9.17) is 15.9 Å². The Morgan fingerprint density at radius 3 is 2.74 bits per heavy atom. The molecule has 0 saturated carbocycles. The Hall–Kier alpha value is -1.25. The molecule has 0 aliphatic carbocycles. The first-order chi connectivity index (χ1) is 9.08. The third-order valence-electron chi connectivity index (χ3n) is 3.21. The quantitative estimate of drug-likeness (QED) is 0.710. The molecule has 19 heavy (non-hydrogen) atoms. The second-order valence-corrected chi connectivity index (χ2v) is 5.12. The predicted octanol–water partition coefficient (Wildman–Crippen LogP) is 1.14. The lowest BCUT2D eigenvalue weighted by molar-refractivity contribution is 0.0469. The van der Waals surface area contributed by atoms with Crippen LogP contribution in [0.2, 0.25) is 0 Å². The number of hydrogen-bond donors (Lipinski definition) is 2. The van der Waals surface area contributed by atoms with Crippen molar-refractivity contribution >= 4 is 6.03 Å². The summed E-state index contributed by atoms with van der Waals surface area (Å²) in [5.41, 5.74) is 0. The Labute approximate surface area is 115 Å². The van der Waals surface area contributed by atoms with Crippen molar-refractivity contribution in [2.75, 3.05) is 20.3 Å². The van der Waals surface area contributed by atoms with Crippen LogP contribution in [0.3, 0.4) is 0 Å². The van der Waals surface area contributed by atoms with Crippen molar-refractivity contribution in [1.82, 2.24) is 10.6 Å². The standard InChI is InChI=1S/C14H24N2O3/c1-5-11(10(2)3)15-14(17)16-12(9-18-4)13-7-6-8-19-13/h1,10-13H,6-9H2,2-4H3,(H2,15,16,17)/t11-,12+,13+/m0/s1. The average molecular weight is 268 g/mol. The topological polar surface area (TPSA) is 59.6 Å². The van der Waals surface area contributed by atoms with Gasteiger partial charge in [-0.25, -0.2) is 4.79 Å². The number of urea groups is 1. The summed E-state index contributed by atoms with van der Waals surface area (Å²) >= 11 is 0. The first-order valence-electron chi connectivity index (χ1n) is 6.72. The van der Waals surface area contributed by atoms with Crippen molar-refractivity contribution in [3.8, 4) is 12.3 Å². The van der Waals surface area contributed by atoms with Gasteiger partial charge in [0.1, 0.15) is 0 Å². The van der Waals surface area contributed by atoms with Crippen molar-refractivity contribution in [2.45, 2.75) is 44.9 Å². The molecule has 1 aliphatic rings. The molecule has 5 nitrogen and oxygen atoms in total. The highest BCUT2D eigenvalue weighted by Crippen LogP contribution is 2.16. The van der Waals surface area contributed by atoms with Crippen molar-refractivity contribution in [2.24, 2.45) is 5.92 Å². The van der Waals surface area contributed by atoms with Gasteiger partial charge in [0.2, 0.25) is 0 Å². The lowest BCUT2D eigenvalue weighted by Crippen LogP contribution is -2.52. The molecule has 0 aromatic heterocycles. The molecule has 0 aromatic carbocycles. The van der Waals surface area contributed by atoms with E-state index in [2.05, 4.69) is 16.6 Å². The molecule has 1 aliphatic heterocycles. The molecule has 0 aromatic rings. The zero-order chi connectivity index (χ0) is 14.3. The van der Waals surface area contributed by atoms with Crippen molar-refractivity contribution in [3.05, 3.63) is 0 Å². The molecule has 108 valence electrons. The van der Waals surface area contributed by atoms with Crippen LogP contribution in [0.15, 0.2) is 0 Å². The maximum atomic E-state index is 11.9. The van der Waals surface area contributed by atoms with Gasteiger partial charge < -0.3 is 20.1 Å². The second kappa shape index (κ2) is 8.03. The molecule has 5 heteroatoms. The molecule has 2 amide bonds. The number of carbonyl (C=O) groups excluding carboxylic acids is 1. The van der Waals surface area contributed by atoms with Crippen LogP contribution >= 0.6 is 0 Å². The minimum absolute atomic E-state index is 0.0223. The van der Waals surface area contributed by atoms with E-state index in [9.17, 15) is 4.79 Å². The number of carbonyl (C=O) groups is 1. The summed E-state index contributed by atoms with van der Waals surface area (Å²) in [6.07, 6.45) is 7.38. The maximum absolute atomic E-state index is 11.9. The highest BCUT2D eigenvalue weighted by Gasteiger charge is 2.27. The fourth-order valence-corrected chi connectivity index (χ4v) is 2.09. The van der Waals surface area contributed by atoms with Crippen LogP contribution in [0.4, 0.5) is 4.79 Å². The Bertz CT molecular complexity index is 319. The molecular weight excluding hydrogens is 244 g/mol. The van der Waals surface area contributed by atoms with Crippen LogP contribution in [0.1, 0.15) is 26.7 Å². The van der Waals surface area contributed by atoms with E-state index in [1.54, 1.807) is 7.11 Å². The molecule has 0 radical (unpaired) electrons. The molecule has 0 bridgehead atoms. The zero-order valence-corrected chi connectivity index (χ0v) is 11.9. The van der Waals surface area contributed by atoms with E-state index in [-0.39, 0.29) is 30.1 Å². The first-order valence-corrected chi connectivity index (χ1v) is 6.72. The zero-order valence-electron chi connectivity index (χ0n) is 11.9. The van der Waals surface area contributed by atoms with Crippen LogP contribution in [-0.4, -0.2) is 44.5 Å². The van der Waals surface area contributed by atoms with E-state index in [0.29, 0.717) is 6.61 Å². The van der Waals surface area contributed by atoms with Gasteiger partial charge in [0, 0.05) is 13.7 Å². The highest BCUT2D eigenvalue weighted by molar-refractivity contribution is 5.75. The Morgan fingerprint density at radius 2 is 2.26 bits per heavy atom. The van der Waals surface area contributed by atoms with E-state index in [1.165, 1.54) is 0 Å². The van der Waals surface area contributed by atoms with Gasteiger partial charge in [-0.2, -0.15) is 0 Å². The van der Waals surface area contributed by atoms with E-state index >= 15 is 0 Å². The number of hydrogen-bond acceptors (Lipinski definition) is 3. The third kappa shape index (κ3) is 5.09. The van der Waals surface area contributed by atoms with Crippen LogP contribution < -0.4 is 10.6 Å². The Kier molecular flexibility index (Phi) is 6.68. The Morgan fingerprint density at radius 1 is 1.53 bits per heavy atom. The van der Waals surface area contributed by atoms with Gasteiger partial charge in [-0.15, -0.1) is 6.42 Å². The summed E-state index contributed by atoms with van der Waals surface area (Å²) in [5.74, 6) is 2.77. The smallest absolute Gasteiger partial charge is 0.316 e. The number of methoxy groups -OCH3 is 1. The summed E-state index contributed by atoms with van der Waals surface area (Å²) in [6, 6.07) is -0.681. The summed E-state index contributed by atoms with van der Waals surface area (Å²) in [6.45, 7) is 5.11. The lowest BCUT2D eigenvalue weighted by atomic mass is 10.1. The minimum Gasteiger partial charge on any atom is -0.382 e. The van der Waals surface area contributed by atoms with Crippen LogP contribution in [0.5, 0.6) is 0 Å². The van der Waals surface area contributed by atoms with Crippen molar-refractivity contribution in [1.29, 1.82) is 0 Å². The second-order valence-electron chi connectivity index (χ2n) is 5.12. The van der Waals surface area contributed by atoms with E-state index < -0.39 is 0 Å². The summed E-state index contributed by atoms with van der Waals surface area (Å²) in [5, 5.41) is 5.67. The van der Waals surface area contributed by atoms with Gasteiger partial charge in [-0.1, -0.05) is 19.8 Å². The van der Waals surface area contributed by atoms with Crippen molar-refractivity contribution in [3.63, 3.8) is 0 Å². The largest absolute Gasteiger partial charge is 0.382 e. The van der Waals surface area contributed by atoms with Crippen LogP contribution in [0.25, 0.3) is 0 Å². The summed E-state index contributed by atoms with van der Waals surface area (Å²) in [4.78, 5) is 11.9. The molecule has 0 unspecified atom stereocenters. The van der Waals surface area contributed by atoms with Gasteiger partial charge >= 0.3 is 6.03 Å². The minimum atomic E-state index is -0.271. The number of terminal acetylenes is 1. The number of ether oxygens (including phenoxy) is 2. The number of amides is 2. The molecule has 0 spiro atoms. The predicted molar refractivity (Wildman–Crippen MR) is 73.8 cm³/mol.